The number of aryl methyl sites for hydroxylation is 1. The van der Waals surface area contributed by atoms with Crippen molar-refractivity contribution >= 4 is 31.9 Å². The molecule has 0 N–H and O–H groups in total. The zero-order valence-electron chi connectivity index (χ0n) is 18.2. The summed E-state index contributed by atoms with van der Waals surface area (Å²) in [7, 11) is 0. The minimum absolute atomic E-state index is 0.751. The highest BCUT2D eigenvalue weighted by Gasteiger charge is 2.11. The molecule has 4 aromatic rings. The van der Waals surface area contributed by atoms with E-state index in [1.165, 1.54) is 31.2 Å². The zero-order valence-corrected chi connectivity index (χ0v) is 21.4. The van der Waals surface area contributed by atoms with Crippen LogP contribution in [0.15, 0.2) is 87.8 Å². The third-order valence-electron chi connectivity index (χ3n) is 5.54. The minimum atomic E-state index is 0.751. The van der Waals surface area contributed by atoms with E-state index in [0.717, 1.165) is 49.3 Å². The Hall–Kier alpha value is -2.30. The zero-order chi connectivity index (χ0) is 22.3. The van der Waals surface area contributed by atoms with Crippen molar-refractivity contribution in [3.63, 3.8) is 0 Å². The average Bonchev–Trinajstić information content (AvgIpc) is 2.83. The quantitative estimate of drug-likeness (QED) is 0.205. The number of nitrogens with zero attached hydrogens (tertiary/aromatic N) is 2. The smallest absolute Gasteiger partial charge is 0.160 e. The maximum Gasteiger partial charge on any atom is 0.160 e. The molecule has 0 saturated heterocycles. The maximum absolute atomic E-state index is 4.93. The first-order valence-electron chi connectivity index (χ1n) is 11.1. The lowest BCUT2D eigenvalue weighted by molar-refractivity contribution is 0.667. The molecule has 162 valence electrons. The lowest BCUT2D eigenvalue weighted by atomic mass is 10.0. The van der Waals surface area contributed by atoms with Crippen LogP contribution in [0.25, 0.3) is 33.9 Å². The van der Waals surface area contributed by atoms with E-state index in [2.05, 4.69) is 93.4 Å². The van der Waals surface area contributed by atoms with E-state index >= 15 is 0 Å². The molecule has 2 nitrogen and oxygen atoms in total. The van der Waals surface area contributed by atoms with Crippen molar-refractivity contribution in [2.24, 2.45) is 0 Å². The molecular formula is C28H26Br2N2. The van der Waals surface area contributed by atoms with Crippen LogP contribution in [0.1, 0.15) is 38.2 Å². The van der Waals surface area contributed by atoms with E-state index in [4.69, 9.17) is 9.97 Å². The van der Waals surface area contributed by atoms with E-state index in [9.17, 15) is 0 Å². The summed E-state index contributed by atoms with van der Waals surface area (Å²) in [6, 6.07) is 27.3. The second-order valence-corrected chi connectivity index (χ2v) is 9.81. The summed E-state index contributed by atoms with van der Waals surface area (Å²) in [5.41, 5.74) is 6.40. The van der Waals surface area contributed by atoms with Crippen LogP contribution >= 0.6 is 31.9 Å². The third kappa shape index (κ3) is 5.93. The van der Waals surface area contributed by atoms with E-state index < -0.39 is 0 Å². The molecule has 1 heterocycles. The SMILES string of the molecule is CCCCCCc1ccc(-c2nc(-c3ccc(Br)cc3)cc(-c3ccc(Br)cc3)n2)cc1. The molecule has 0 atom stereocenters. The number of hydrogen-bond donors (Lipinski definition) is 0. The van der Waals surface area contributed by atoms with Gasteiger partial charge in [0, 0.05) is 25.6 Å². The van der Waals surface area contributed by atoms with Crippen LogP contribution in [0.3, 0.4) is 0 Å². The monoisotopic (exact) mass is 548 g/mol. The summed E-state index contributed by atoms with van der Waals surface area (Å²) < 4.78 is 2.11. The molecule has 0 aliphatic carbocycles. The molecule has 0 spiro atoms. The molecule has 1 aromatic heterocycles. The maximum atomic E-state index is 4.93. The first kappa shape index (κ1) is 22.9. The molecule has 0 amide bonds. The predicted molar refractivity (Wildman–Crippen MR) is 142 cm³/mol. The summed E-state index contributed by atoms with van der Waals surface area (Å²) >= 11 is 7.05. The number of hydrogen-bond acceptors (Lipinski definition) is 2. The summed E-state index contributed by atoms with van der Waals surface area (Å²) in [4.78, 5) is 9.85. The first-order chi connectivity index (χ1) is 15.6. The molecule has 4 rings (SSSR count). The van der Waals surface area contributed by atoms with Gasteiger partial charge in [-0.2, -0.15) is 0 Å². The van der Waals surface area contributed by atoms with Crippen molar-refractivity contribution in [2.45, 2.75) is 39.0 Å². The summed E-state index contributed by atoms with van der Waals surface area (Å²) in [5, 5.41) is 0. The van der Waals surface area contributed by atoms with Crippen molar-refractivity contribution < 1.29 is 0 Å². The molecule has 0 fully saturated rings. The fourth-order valence-corrected chi connectivity index (χ4v) is 4.22. The van der Waals surface area contributed by atoms with Crippen LogP contribution < -0.4 is 0 Å². The van der Waals surface area contributed by atoms with Crippen LogP contribution in [0, 0.1) is 0 Å². The van der Waals surface area contributed by atoms with Crippen molar-refractivity contribution in [1.29, 1.82) is 0 Å². The first-order valence-corrected chi connectivity index (χ1v) is 12.7. The average molecular weight is 550 g/mol. The lowest BCUT2D eigenvalue weighted by Gasteiger charge is -2.10. The van der Waals surface area contributed by atoms with Crippen LogP contribution in [0.5, 0.6) is 0 Å². The number of unbranched alkanes of at least 4 members (excludes halogenated alkanes) is 3. The molecular weight excluding hydrogens is 524 g/mol. The number of halogens is 2. The van der Waals surface area contributed by atoms with Gasteiger partial charge in [-0.05, 0) is 48.7 Å². The van der Waals surface area contributed by atoms with Gasteiger partial charge in [-0.1, -0.05) is 107 Å². The number of aromatic nitrogens is 2. The fourth-order valence-electron chi connectivity index (χ4n) is 3.69. The molecule has 0 bridgehead atoms. The molecule has 32 heavy (non-hydrogen) atoms. The Bertz CT molecular complexity index is 1090. The van der Waals surface area contributed by atoms with Crippen molar-refractivity contribution in [3.05, 3.63) is 93.4 Å². The normalized spacial score (nSPS) is 11.0. The van der Waals surface area contributed by atoms with E-state index in [0.29, 0.717) is 0 Å². The van der Waals surface area contributed by atoms with Gasteiger partial charge in [0.2, 0.25) is 0 Å². The highest BCUT2D eigenvalue weighted by atomic mass is 79.9. The van der Waals surface area contributed by atoms with Gasteiger partial charge in [0.15, 0.2) is 5.82 Å². The predicted octanol–water partition coefficient (Wildman–Crippen LogP) is 9.13. The highest BCUT2D eigenvalue weighted by molar-refractivity contribution is 9.10. The summed E-state index contributed by atoms with van der Waals surface area (Å²) in [5.74, 6) is 0.751. The Kier molecular flexibility index (Phi) is 7.88. The molecule has 0 saturated carbocycles. The van der Waals surface area contributed by atoms with E-state index in [-0.39, 0.29) is 0 Å². The van der Waals surface area contributed by atoms with Crippen molar-refractivity contribution in [2.75, 3.05) is 0 Å². The highest BCUT2D eigenvalue weighted by Crippen LogP contribution is 2.29. The Morgan fingerprint density at radius 3 is 1.59 bits per heavy atom. The van der Waals surface area contributed by atoms with Crippen molar-refractivity contribution in [3.8, 4) is 33.9 Å². The Labute approximate surface area is 207 Å². The molecule has 0 radical (unpaired) electrons. The molecule has 0 aliphatic rings. The van der Waals surface area contributed by atoms with Crippen LogP contribution in [-0.4, -0.2) is 9.97 Å². The van der Waals surface area contributed by atoms with Gasteiger partial charge in [-0.3, -0.25) is 0 Å². The molecule has 0 unspecified atom stereocenters. The van der Waals surface area contributed by atoms with Crippen LogP contribution in [0.4, 0.5) is 0 Å². The van der Waals surface area contributed by atoms with E-state index in [1.807, 2.05) is 24.3 Å². The second kappa shape index (κ2) is 11.0. The Morgan fingerprint density at radius 2 is 1.09 bits per heavy atom. The Balaban J connectivity index is 1.69. The largest absolute Gasteiger partial charge is 0.228 e. The number of rotatable bonds is 8. The van der Waals surface area contributed by atoms with Gasteiger partial charge >= 0.3 is 0 Å². The summed E-state index contributed by atoms with van der Waals surface area (Å²) in [6.07, 6.45) is 6.26. The van der Waals surface area contributed by atoms with Gasteiger partial charge in [-0.25, -0.2) is 9.97 Å². The Morgan fingerprint density at radius 1 is 0.594 bits per heavy atom. The molecule has 3 aromatic carbocycles. The van der Waals surface area contributed by atoms with Crippen molar-refractivity contribution in [1.82, 2.24) is 9.97 Å². The molecule has 0 aliphatic heterocycles. The summed E-state index contributed by atoms with van der Waals surface area (Å²) in [6.45, 7) is 2.25. The third-order valence-corrected chi connectivity index (χ3v) is 6.59. The van der Waals surface area contributed by atoms with E-state index in [1.54, 1.807) is 0 Å². The van der Waals surface area contributed by atoms with Gasteiger partial charge in [0.25, 0.3) is 0 Å². The van der Waals surface area contributed by atoms with Gasteiger partial charge in [0.05, 0.1) is 11.4 Å². The van der Waals surface area contributed by atoms with Gasteiger partial charge in [0.1, 0.15) is 0 Å². The minimum Gasteiger partial charge on any atom is -0.228 e. The lowest BCUT2D eigenvalue weighted by Crippen LogP contribution is -1.96. The number of benzene rings is 3. The fraction of sp³-hybridized carbons (Fsp3) is 0.214. The van der Waals surface area contributed by atoms with Crippen LogP contribution in [0.2, 0.25) is 0 Å². The second-order valence-electron chi connectivity index (χ2n) is 7.98. The molecule has 4 heteroatoms. The topological polar surface area (TPSA) is 25.8 Å². The van der Waals surface area contributed by atoms with Gasteiger partial charge < -0.3 is 0 Å². The van der Waals surface area contributed by atoms with Crippen LogP contribution in [-0.2, 0) is 6.42 Å². The van der Waals surface area contributed by atoms with Gasteiger partial charge in [-0.15, -0.1) is 0 Å². The standard InChI is InChI=1S/C28H26Br2N2/c1-2-3-4-5-6-20-7-9-23(10-8-20)28-31-26(21-11-15-24(29)16-12-21)19-27(32-28)22-13-17-25(30)18-14-22/h7-19H,2-6H2,1H3.